The van der Waals surface area contributed by atoms with E-state index in [-0.39, 0.29) is 35.5 Å². The van der Waals surface area contributed by atoms with Crippen LogP contribution in [0.25, 0.3) is 10.6 Å². The Hall–Kier alpha value is -2.10. The molecule has 4 heterocycles. The van der Waals surface area contributed by atoms with E-state index in [2.05, 4.69) is 10.3 Å². The van der Waals surface area contributed by atoms with Crippen molar-refractivity contribution in [3.8, 4) is 10.6 Å². The van der Waals surface area contributed by atoms with Crippen molar-refractivity contribution in [3.63, 3.8) is 0 Å². The smallest absolute Gasteiger partial charge is 0.252 e. The van der Waals surface area contributed by atoms with Crippen molar-refractivity contribution < 1.29 is 18.0 Å². The number of carbonyl (C=O) groups is 2. The molecule has 0 aromatic carbocycles. The van der Waals surface area contributed by atoms with Gasteiger partial charge in [0.25, 0.3) is 10.0 Å². The molecule has 9 heteroatoms. The first-order chi connectivity index (χ1) is 11.9. The Morgan fingerprint density at radius 1 is 1.20 bits per heavy atom. The Labute approximate surface area is 148 Å². The molecular formula is C16H15N3O4S2. The quantitative estimate of drug-likeness (QED) is 0.812. The van der Waals surface area contributed by atoms with Gasteiger partial charge in [-0.1, -0.05) is 6.07 Å². The van der Waals surface area contributed by atoms with Crippen LogP contribution in [0.4, 0.5) is 0 Å². The molecule has 1 atom stereocenters. The molecule has 2 amide bonds. The molecule has 0 bridgehead atoms. The highest BCUT2D eigenvalue weighted by Gasteiger charge is 2.53. The number of hydrogen-bond donors (Lipinski definition) is 1. The summed E-state index contributed by atoms with van der Waals surface area (Å²) in [6.45, 7) is 0.281. The number of amides is 2. The van der Waals surface area contributed by atoms with Crippen LogP contribution in [0, 0.1) is 5.41 Å². The Morgan fingerprint density at radius 3 is 2.72 bits per heavy atom. The average Bonchev–Trinajstić information content (AvgIpc) is 3.29. The lowest BCUT2D eigenvalue weighted by atomic mass is 9.86. The molecule has 130 valence electrons. The maximum Gasteiger partial charge on any atom is 0.252 e. The lowest BCUT2D eigenvalue weighted by Gasteiger charge is -2.19. The average molecular weight is 377 g/mol. The van der Waals surface area contributed by atoms with Gasteiger partial charge < -0.3 is 0 Å². The zero-order chi connectivity index (χ0) is 17.7. The number of rotatable bonds is 3. The molecule has 0 saturated carbocycles. The molecule has 2 aromatic heterocycles. The van der Waals surface area contributed by atoms with Crippen LogP contribution < -0.4 is 5.32 Å². The molecule has 0 unspecified atom stereocenters. The van der Waals surface area contributed by atoms with Crippen molar-refractivity contribution in [2.45, 2.75) is 17.1 Å². The minimum atomic E-state index is -3.70. The van der Waals surface area contributed by atoms with E-state index < -0.39 is 15.4 Å². The van der Waals surface area contributed by atoms with Crippen molar-refractivity contribution in [2.24, 2.45) is 5.41 Å². The molecule has 1 N–H and O–H groups in total. The predicted molar refractivity (Wildman–Crippen MR) is 91.1 cm³/mol. The Morgan fingerprint density at radius 2 is 2.04 bits per heavy atom. The minimum Gasteiger partial charge on any atom is -0.296 e. The first kappa shape index (κ1) is 16.4. The molecule has 2 aromatic rings. The number of nitrogens with one attached hydrogen (secondary N) is 1. The first-order valence-corrected chi connectivity index (χ1v) is 10.0. The number of nitrogens with zero attached hydrogens (tertiary/aromatic N) is 2. The Balaban J connectivity index is 1.60. The van der Waals surface area contributed by atoms with Crippen molar-refractivity contribution >= 4 is 33.2 Å². The van der Waals surface area contributed by atoms with Gasteiger partial charge in [0, 0.05) is 25.7 Å². The van der Waals surface area contributed by atoms with Crippen molar-refractivity contribution in [1.29, 1.82) is 0 Å². The summed E-state index contributed by atoms with van der Waals surface area (Å²) in [4.78, 5) is 28.5. The summed E-state index contributed by atoms with van der Waals surface area (Å²) in [5.74, 6) is -0.701. The van der Waals surface area contributed by atoms with Gasteiger partial charge in [-0.2, -0.15) is 4.31 Å². The van der Waals surface area contributed by atoms with Gasteiger partial charge >= 0.3 is 0 Å². The van der Waals surface area contributed by atoms with E-state index in [1.165, 1.54) is 4.31 Å². The summed E-state index contributed by atoms with van der Waals surface area (Å²) in [5.41, 5.74) is -0.196. The van der Waals surface area contributed by atoms with Gasteiger partial charge in [0.15, 0.2) is 0 Å². The largest absolute Gasteiger partial charge is 0.296 e. The topological polar surface area (TPSA) is 96.4 Å². The number of sulfonamides is 1. The van der Waals surface area contributed by atoms with Gasteiger partial charge in [0.2, 0.25) is 11.8 Å². The maximum absolute atomic E-state index is 12.9. The van der Waals surface area contributed by atoms with E-state index >= 15 is 0 Å². The third kappa shape index (κ3) is 2.68. The molecule has 2 aliphatic rings. The number of thiophene rings is 1. The van der Waals surface area contributed by atoms with E-state index in [0.717, 1.165) is 16.2 Å². The monoisotopic (exact) mass is 377 g/mol. The summed E-state index contributed by atoms with van der Waals surface area (Å²) in [7, 11) is -3.70. The van der Waals surface area contributed by atoms with Crippen LogP contribution in [0.3, 0.4) is 0 Å². The zero-order valence-corrected chi connectivity index (χ0v) is 14.8. The SMILES string of the molecule is O=C1C[C@]2(CCN(S(=O)(=O)c3ccc(-c4ccccn4)s3)C2)C(=O)N1. The fourth-order valence-corrected chi connectivity index (χ4v) is 6.26. The van der Waals surface area contributed by atoms with Gasteiger partial charge in [0.05, 0.1) is 16.0 Å². The Bertz CT molecular complexity index is 955. The summed E-state index contributed by atoms with van der Waals surface area (Å²) in [5, 5.41) is 2.28. The summed E-state index contributed by atoms with van der Waals surface area (Å²) < 4.78 is 27.3. The second-order valence-electron chi connectivity index (χ2n) is 6.26. The number of aromatic nitrogens is 1. The standard InChI is InChI=1S/C16H15N3O4S2/c20-13-9-16(15(21)18-13)6-8-19(10-16)25(22,23)14-5-4-12(24-14)11-3-1-2-7-17-11/h1-5,7H,6,8-10H2,(H,18,20,21)/t16-/m0/s1. The molecule has 4 rings (SSSR count). The third-order valence-electron chi connectivity index (χ3n) is 4.65. The number of pyridine rings is 1. The maximum atomic E-state index is 12.9. The lowest BCUT2D eigenvalue weighted by Crippen LogP contribution is -2.36. The minimum absolute atomic E-state index is 0.0454. The normalized spacial score (nSPS) is 24.2. The molecule has 2 saturated heterocycles. The van der Waals surface area contributed by atoms with Gasteiger partial charge in [-0.25, -0.2) is 8.42 Å². The molecule has 25 heavy (non-hydrogen) atoms. The molecule has 2 fully saturated rings. The van der Waals surface area contributed by atoms with Crippen LogP contribution in [-0.2, 0) is 19.6 Å². The molecule has 0 aliphatic carbocycles. The zero-order valence-electron chi connectivity index (χ0n) is 13.1. The van der Waals surface area contributed by atoms with Gasteiger partial charge in [0.1, 0.15) is 4.21 Å². The number of imide groups is 1. The highest BCUT2D eigenvalue weighted by Crippen LogP contribution is 2.41. The molecular weight excluding hydrogens is 362 g/mol. The van der Waals surface area contributed by atoms with Crippen LogP contribution in [0.15, 0.2) is 40.7 Å². The number of carbonyl (C=O) groups excluding carboxylic acids is 2. The van der Waals surface area contributed by atoms with Crippen molar-refractivity contribution in [1.82, 2.24) is 14.6 Å². The van der Waals surface area contributed by atoms with Crippen LogP contribution >= 0.6 is 11.3 Å². The van der Waals surface area contributed by atoms with E-state index in [1.54, 1.807) is 24.4 Å². The third-order valence-corrected chi connectivity index (χ3v) is 8.07. The van der Waals surface area contributed by atoms with Gasteiger partial charge in [-0.3, -0.25) is 19.9 Å². The van der Waals surface area contributed by atoms with Crippen molar-refractivity contribution in [2.75, 3.05) is 13.1 Å². The summed E-state index contributed by atoms with van der Waals surface area (Å²) in [6.07, 6.45) is 2.08. The summed E-state index contributed by atoms with van der Waals surface area (Å²) in [6, 6.07) is 8.76. The molecule has 1 spiro atoms. The van der Waals surface area contributed by atoms with E-state index in [9.17, 15) is 18.0 Å². The lowest BCUT2D eigenvalue weighted by molar-refractivity contribution is -0.128. The van der Waals surface area contributed by atoms with Crippen LogP contribution in [-0.4, -0.2) is 42.6 Å². The van der Waals surface area contributed by atoms with Crippen LogP contribution in [0.2, 0.25) is 0 Å². The highest BCUT2D eigenvalue weighted by molar-refractivity contribution is 7.91. The van der Waals surface area contributed by atoms with Gasteiger partial charge in [-0.05, 0) is 30.7 Å². The molecule has 2 aliphatic heterocycles. The number of hydrogen-bond acceptors (Lipinski definition) is 6. The second-order valence-corrected chi connectivity index (χ2v) is 9.51. The van der Waals surface area contributed by atoms with E-state index in [0.29, 0.717) is 12.1 Å². The molecule has 7 nitrogen and oxygen atoms in total. The highest BCUT2D eigenvalue weighted by atomic mass is 32.2. The fourth-order valence-electron chi connectivity index (χ4n) is 3.29. The van der Waals surface area contributed by atoms with Crippen LogP contribution in [0.5, 0.6) is 0 Å². The predicted octanol–water partition coefficient (Wildman–Crippen LogP) is 1.24. The fraction of sp³-hybridized carbons (Fsp3) is 0.312. The summed E-state index contributed by atoms with van der Waals surface area (Å²) >= 11 is 1.15. The van der Waals surface area contributed by atoms with Gasteiger partial charge in [-0.15, -0.1) is 11.3 Å². The van der Waals surface area contributed by atoms with E-state index in [1.807, 2.05) is 12.1 Å². The first-order valence-electron chi connectivity index (χ1n) is 7.76. The Kier molecular flexibility index (Phi) is 3.75. The van der Waals surface area contributed by atoms with E-state index in [4.69, 9.17) is 0 Å². The molecule has 0 radical (unpaired) electrons. The van der Waals surface area contributed by atoms with Crippen LogP contribution in [0.1, 0.15) is 12.8 Å². The van der Waals surface area contributed by atoms with Crippen molar-refractivity contribution in [3.05, 3.63) is 36.5 Å². The second kappa shape index (κ2) is 5.72.